The average molecular weight is 351 g/mol. The lowest BCUT2D eigenvalue weighted by atomic mass is 9.73. The zero-order valence-electron chi connectivity index (χ0n) is 15.8. The predicted octanol–water partition coefficient (Wildman–Crippen LogP) is 4.64. The van der Waals surface area contributed by atoms with Gasteiger partial charge in [-0.1, -0.05) is 74.5 Å². The lowest BCUT2D eigenvalue weighted by Gasteiger charge is -2.37. The van der Waals surface area contributed by atoms with E-state index in [-0.39, 0.29) is 11.9 Å². The van der Waals surface area contributed by atoms with Crippen LogP contribution in [0.25, 0.3) is 0 Å². The first-order chi connectivity index (χ1) is 12.6. The van der Waals surface area contributed by atoms with Crippen molar-refractivity contribution in [2.75, 3.05) is 13.2 Å². The van der Waals surface area contributed by atoms with Gasteiger partial charge in [0, 0.05) is 13.2 Å². The number of hydrogen-bond donors (Lipinski definition) is 1. The number of amides is 1. The minimum Gasteiger partial charge on any atom is -0.381 e. The summed E-state index contributed by atoms with van der Waals surface area (Å²) in [5.74, 6) is 0.629. The van der Waals surface area contributed by atoms with Crippen LogP contribution in [-0.4, -0.2) is 19.1 Å². The summed E-state index contributed by atoms with van der Waals surface area (Å²) < 4.78 is 5.57. The van der Waals surface area contributed by atoms with E-state index in [1.807, 2.05) is 36.4 Å². The van der Waals surface area contributed by atoms with Crippen LogP contribution in [0.4, 0.5) is 0 Å². The van der Waals surface area contributed by atoms with Gasteiger partial charge in [0.15, 0.2) is 0 Å². The molecule has 3 heteroatoms. The number of benzene rings is 2. The molecule has 1 fully saturated rings. The van der Waals surface area contributed by atoms with Crippen molar-refractivity contribution < 1.29 is 9.53 Å². The fourth-order valence-electron chi connectivity index (χ4n) is 3.86. The van der Waals surface area contributed by atoms with Crippen LogP contribution in [0.1, 0.15) is 50.3 Å². The van der Waals surface area contributed by atoms with E-state index in [4.69, 9.17) is 4.74 Å². The van der Waals surface area contributed by atoms with E-state index in [0.29, 0.717) is 19.1 Å². The van der Waals surface area contributed by atoms with E-state index in [1.165, 1.54) is 5.56 Å². The molecule has 1 atom stereocenters. The Hall–Kier alpha value is -2.13. The molecule has 1 aliphatic heterocycles. The van der Waals surface area contributed by atoms with Crippen LogP contribution in [0.15, 0.2) is 60.7 Å². The molecule has 0 spiro atoms. The summed E-state index contributed by atoms with van der Waals surface area (Å²) in [6.45, 7) is 5.65. The van der Waals surface area contributed by atoms with Gasteiger partial charge < -0.3 is 10.1 Å². The van der Waals surface area contributed by atoms with E-state index in [2.05, 4.69) is 43.4 Å². The highest BCUT2D eigenvalue weighted by atomic mass is 16.5. The van der Waals surface area contributed by atoms with Crippen LogP contribution in [0.2, 0.25) is 0 Å². The summed E-state index contributed by atoms with van der Waals surface area (Å²) in [6.07, 6.45) is 2.38. The minimum absolute atomic E-state index is 0.0344. The summed E-state index contributed by atoms with van der Waals surface area (Å²) in [5.41, 5.74) is 1.77. The molecule has 1 N–H and O–H groups in total. The standard InChI is InChI=1S/C23H29NO2/c1-18(2)17-21(19-9-5-3-6-10-19)24-22(25)23(13-15-26-16-14-23)20-11-7-4-8-12-20/h3-12,18,21H,13-17H2,1-2H3,(H,24,25). The van der Waals surface area contributed by atoms with Crippen LogP contribution in [-0.2, 0) is 14.9 Å². The minimum atomic E-state index is -0.497. The molecular formula is C23H29NO2. The molecule has 26 heavy (non-hydrogen) atoms. The first kappa shape index (κ1) is 18.7. The van der Waals surface area contributed by atoms with Gasteiger partial charge in [0.2, 0.25) is 5.91 Å². The van der Waals surface area contributed by atoms with Crippen LogP contribution < -0.4 is 5.32 Å². The third-order valence-corrected chi connectivity index (χ3v) is 5.32. The monoisotopic (exact) mass is 351 g/mol. The highest BCUT2D eigenvalue weighted by Gasteiger charge is 2.42. The van der Waals surface area contributed by atoms with Crippen molar-refractivity contribution in [3.05, 3.63) is 71.8 Å². The van der Waals surface area contributed by atoms with Gasteiger partial charge in [0.25, 0.3) is 0 Å². The van der Waals surface area contributed by atoms with Gasteiger partial charge in [0.1, 0.15) is 0 Å². The van der Waals surface area contributed by atoms with Crippen LogP contribution in [0.5, 0.6) is 0 Å². The van der Waals surface area contributed by atoms with E-state index in [9.17, 15) is 4.79 Å². The molecule has 1 aliphatic rings. The van der Waals surface area contributed by atoms with Crippen molar-refractivity contribution in [3.8, 4) is 0 Å². The van der Waals surface area contributed by atoms with Gasteiger partial charge in [-0.3, -0.25) is 4.79 Å². The molecule has 1 saturated heterocycles. The Morgan fingerprint density at radius 1 is 1.00 bits per heavy atom. The second-order valence-electron chi connectivity index (χ2n) is 7.63. The SMILES string of the molecule is CC(C)CC(NC(=O)C1(c2ccccc2)CCOCC1)c1ccccc1. The molecule has 138 valence electrons. The molecule has 2 aromatic carbocycles. The first-order valence-corrected chi connectivity index (χ1v) is 9.61. The maximum Gasteiger partial charge on any atom is 0.231 e. The van der Waals surface area contributed by atoms with Crippen molar-refractivity contribution >= 4 is 5.91 Å². The summed E-state index contributed by atoms with van der Waals surface area (Å²) in [5, 5.41) is 3.38. The molecule has 3 rings (SSSR count). The van der Waals surface area contributed by atoms with Gasteiger partial charge in [0.05, 0.1) is 11.5 Å². The van der Waals surface area contributed by atoms with Crippen molar-refractivity contribution in [1.82, 2.24) is 5.32 Å². The summed E-state index contributed by atoms with van der Waals surface area (Å²) >= 11 is 0. The molecule has 0 bridgehead atoms. The van der Waals surface area contributed by atoms with Crippen LogP contribution >= 0.6 is 0 Å². The van der Waals surface area contributed by atoms with Gasteiger partial charge in [-0.15, -0.1) is 0 Å². The Morgan fingerprint density at radius 2 is 1.58 bits per heavy atom. The Balaban J connectivity index is 1.88. The van der Waals surface area contributed by atoms with Gasteiger partial charge in [-0.05, 0) is 36.3 Å². The molecule has 2 aromatic rings. The van der Waals surface area contributed by atoms with Crippen molar-refractivity contribution in [1.29, 1.82) is 0 Å². The van der Waals surface area contributed by atoms with E-state index >= 15 is 0 Å². The molecule has 3 nitrogen and oxygen atoms in total. The van der Waals surface area contributed by atoms with E-state index < -0.39 is 5.41 Å². The van der Waals surface area contributed by atoms with Crippen molar-refractivity contribution in [2.45, 2.75) is 44.6 Å². The summed E-state index contributed by atoms with van der Waals surface area (Å²) in [4.78, 5) is 13.5. The highest BCUT2D eigenvalue weighted by Crippen LogP contribution is 2.36. The molecule has 0 aliphatic carbocycles. The topological polar surface area (TPSA) is 38.3 Å². The molecular weight excluding hydrogens is 322 g/mol. The second-order valence-corrected chi connectivity index (χ2v) is 7.63. The molecule has 0 saturated carbocycles. The zero-order valence-corrected chi connectivity index (χ0v) is 15.8. The summed E-state index contributed by atoms with van der Waals surface area (Å²) in [7, 11) is 0. The normalized spacial score (nSPS) is 17.7. The molecule has 0 aromatic heterocycles. The molecule has 1 unspecified atom stereocenters. The predicted molar refractivity (Wildman–Crippen MR) is 105 cm³/mol. The van der Waals surface area contributed by atoms with Crippen LogP contribution in [0.3, 0.4) is 0 Å². The number of carbonyl (C=O) groups excluding carboxylic acids is 1. The maximum absolute atomic E-state index is 13.5. The Morgan fingerprint density at radius 3 is 2.15 bits per heavy atom. The number of rotatable bonds is 6. The molecule has 1 heterocycles. The fourth-order valence-corrected chi connectivity index (χ4v) is 3.86. The highest BCUT2D eigenvalue weighted by molar-refractivity contribution is 5.88. The second kappa shape index (κ2) is 8.50. The number of hydrogen-bond acceptors (Lipinski definition) is 2. The smallest absolute Gasteiger partial charge is 0.231 e. The Labute approximate surface area is 156 Å². The molecule has 0 radical (unpaired) electrons. The zero-order chi connectivity index (χ0) is 18.4. The van der Waals surface area contributed by atoms with Crippen molar-refractivity contribution in [3.63, 3.8) is 0 Å². The Kier molecular flexibility index (Phi) is 6.10. The fraction of sp³-hybridized carbons (Fsp3) is 0.435. The maximum atomic E-state index is 13.5. The van der Waals surface area contributed by atoms with E-state index in [1.54, 1.807) is 0 Å². The van der Waals surface area contributed by atoms with Gasteiger partial charge >= 0.3 is 0 Å². The number of carbonyl (C=O) groups is 1. The van der Waals surface area contributed by atoms with Crippen LogP contribution in [0, 0.1) is 5.92 Å². The largest absolute Gasteiger partial charge is 0.381 e. The van der Waals surface area contributed by atoms with E-state index in [0.717, 1.165) is 24.8 Å². The number of nitrogens with one attached hydrogen (secondary N) is 1. The summed E-state index contributed by atoms with van der Waals surface area (Å²) in [6, 6.07) is 20.5. The third-order valence-electron chi connectivity index (χ3n) is 5.32. The lowest BCUT2D eigenvalue weighted by Crippen LogP contribution is -2.49. The average Bonchev–Trinajstić information content (AvgIpc) is 2.69. The first-order valence-electron chi connectivity index (χ1n) is 9.61. The molecule has 1 amide bonds. The Bertz CT molecular complexity index is 691. The number of ether oxygens (including phenoxy) is 1. The van der Waals surface area contributed by atoms with Gasteiger partial charge in [-0.2, -0.15) is 0 Å². The van der Waals surface area contributed by atoms with Gasteiger partial charge in [-0.25, -0.2) is 0 Å². The quantitative estimate of drug-likeness (QED) is 0.823. The lowest BCUT2D eigenvalue weighted by molar-refractivity contribution is -0.131. The van der Waals surface area contributed by atoms with Crippen molar-refractivity contribution in [2.24, 2.45) is 5.92 Å². The third kappa shape index (κ3) is 4.16.